The lowest BCUT2D eigenvalue weighted by Gasteiger charge is -2.33. The molecule has 0 saturated carbocycles. The van der Waals surface area contributed by atoms with Gasteiger partial charge >= 0.3 is 0 Å². The summed E-state index contributed by atoms with van der Waals surface area (Å²) in [6.07, 6.45) is 2.66. The highest BCUT2D eigenvalue weighted by molar-refractivity contribution is 5.40. The number of nitrogens with two attached hydrogens (primary N) is 1. The Morgan fingerprint density at radius 3 is 2.94 bits per heavy atom. The summed E-state index contributed by atoms with van der Waals surface area (Å²) in [6, 6.07) is 6.04. The molecule has 0 aliphatic carbocycles. The topological polar surface area (TPSA) is 55.5 Å². The van der Waals surface area contributed by atoms with Crippen molar-refractivity contribution in [3.63, 3.8) is 0 Å². The number of hydrogen-bond acceptors (Lipinski definition) is 3. The average Bonchev–Trinajstić information content (AvgIpc) is 2.27. The molecule has 1 aromatic carbocycles. The maximum Gasteiger partial charge on any atom is 0.123 e. The molecular formula is C14H21NO2. The quantitative estimate of drug-likeness (QED) is 0.844. The molecule has 2 rings (SSSR count). The van der Waals surface area contributed by atoms with Crippen LogP contribution in [0.2, 0.25) is 0 Å². The van der Waals surface area contributed by atoms with E-state index in [4.69, 9.17) is 15.6 Å². The lowest BCUT2D eigenvalue weighted by Crippen LogP contribution is -2.32. The largest absolute Gasteiger partial charge is 0.488 e. The third kappa shape index (κ3) is 2.79. The van der Waals surface area contributed by atoms with E-state index in [1.54, 1.807) is 0 Å². The van der Waals surface area contributed by atoms with E-state index >= 15 is 0 Å². The standard InChI is InChI=1S/C14H21NO2/c1-14(2)7-5-11-9-10(12(15)6-8-16)3-4-13(11)17-14/h3-4,9,12,16H,5-8,15H2,1-2H3. The van der Waals surface area contributed by atoms with Crippen LogP contribution in [0.3, 0.4) is 0 Å². The van der Waals surface area contributed by atoms with Gasteiger partial charge in [-0.05, 0) is 50.3 Å². The summed E-state index contributed by atoms with van der Waals surface area (Å²) in [6.45, 7) is 4.35. The molecule has 1 unspecified atom stereocenters. The highest BCUT2D eigenvalue weighted by atomic mass is 16.5. The van der Waals surface area contributed by atoms with Gasteiger partial charge in [-0.1, -0.05) is 12.1 Å². The molecule has 0 spiro atoms. The first-order chi connectivity index (χ1) is 8.02. The minimum absolute atomic E-state index is 0.0677. The van der Waals surface area contributed by atoms with E-state index in [0.29, 0.717) is 6.42 Å². The molecular weight excluding hydrogens is 214 g/mol. The van der Waals surface area contributed by atoms with Gasteiger partial charge in [0.25, 0.3) is 0 Å². The Bertz CT molecular complexity index is 401. The molecule has 1 aromatic rings. The molecule has 1 heterocycles. The first kappa shape index (κ1) is 12.4. The number of aryl methyl sites for hydroxylation is 1. The van der Waals surface area contributed by atoms with Crippen molar-refractivity contribution in [3.8, 4) is 5.75 Å². The van der Waals surface area contributed by atoms with Crippen molar-refractivity contribution in [3.05, 3.63) is 29.3 Å². The number of ether oxygens (including phenoxy) is 1. The van der Waals surface area contributed by atoms with Crippen LogP contribution in [0.5, 0.6) is 5.75 Å². The zero-order valence-electron chi connectivity index (χ0n) is 10.6. The smallest absolute Gasteiger partial charge is 0.123 e. The zero-order chi connectivity index (χ0) is 12.5. The summed E-state index contributed by atoms with van der Waals surface area (Å²) in [7, 11) is 0. The van der Waals surface area contributed by atoms with Crippen LogP contribution in [0.4, 0.5) is 0 Å². The Morgan fingerprint density at radius 2 is 2.24 bits per heavy atom. The van der Waals surface area contributed by atoms with Crippen LogP contribution in [0, 0.1) is 0 Å². The predicted octanol–water partition coefficient (Wildman–Crippen LogP) is 2.17. The summed E-state index contributed by atoms with van der Waals surface area (Å²) in [5, 5.41) is 8.90. The second-order valence-corrected chi connectivity index (χ2v) is 5.35. The van der Waals surface area contributed by atoms with Gasteiger partial charge < -0.3 is 15.6 Å². The second-order valence-electron chi connectivity index (χ2n) is 5.35. The molecule has 0 radical (unpaired) electrons. The summed E-state index contributed by atoms with van der Waals surface area (Å²) in [5.41, 5.74) is 8.24. The van der Waals surface area contributed by atoms with Gasteiger partial charge in [0.15, 0.2) is 0 Å². The van der Waals surface area contributed by atoms with Gasteiger partial charge in [0.2, 0.25) is 0 Å². The monoisotopic (exact) mass is 235 g/mol. The number of aliphatic hydroxyl groups excluding tert-OH is 1. The van der Waals surface area contributed by atoms with E-state index in [9.17, 15) is 0 Å². The molecule has 3 nitrogen and oxygen atoms in total. The average molecular weight is 235 g/mol. The minimum atomic E-state index is -0.0831. The molecule has 3 heteroatoms. The van der Waals surface area contributed by atoms with Gasteiger partial charge in [0.05, 0.1) is 0 Å². The third-order valence-corrected chi connectivity index (χ3v) is 3.34. The predicted molar refractivity (Wildman–Crippen MR) is 68.1 cm³/mol. The Kier molecular flexibility index (Phi) is 3.40. The van der Waals surface area contributed by atoms with Crippen molar-refractivity contribution in [1.82, 2.24) is 0 Å². The zero-order valence-corrected chi connectivity index (χ0v) is 10.6. The fourth-order valence-electron chi connectivity index (χ4n) is 2.22. The van der Waals surface area contributed by atoms with Crippen molar-refractivity contribution in [2.24, 2.45) is 5.73 Å². The Hall–Kier alpha value is -1.06. The van der Waals surface area contributed by atoms with Crippen LogP contribution in [-0.2, 0) is 6.42 Å². The molecule has 94 valence electrons. The molecule has 0 saturated heterocycles. The second kappa shape index (κ2) is 4.67. The van der Waals surface area contributed by atoms with E-state index in [-0.39, 0.29) is 18.2 Å². The minimum Gasteiger partial charge on any atom is -0.488 e. The highest BCUT2D eigenvalue weighted by Crippen LogP contribution is 2.34. The molecule has 0 fully saturated rings. The van der Waals surface area contributed by atoms with Crippen molar-refractivity contribution in [2.75, 3.05) is 6.61 Å². The van der Waals surface area contributed by atoms with Crippen LogP contribution >= 0.6 is 0 Å². The Labute approximate surface area is 103 Å². The van der Waals surface area contributed by atoms with Crippen LogP contribution in [0.15, 0.2) is 18.2 Å². The molecule has 1 aliphatic heterocycles. The molecule has 0 amide bonds. The Morgan fingerprint density at radius 1 is 1.47 bits per heavy atom. The van der Waals surface area contributed by atoms with Crippen molar-refractivity contribution in [1.29, 1.82) is 0 Å². The van der Waals surface area contributed by atoms with E-state index in [1.165, 1.54) is 5.56 Å². The molecule has 0 bridgehead atoms. The van der Waals surface area contributed by atoms with Gasteiger partial charge in [-0.3, -0.25) is 0 Å². The molecule has 0 aromatic heterocycles. The fourth-order valence-corrected chi connectivity index (χ4v) is 2.22. The lowest BCUT2D eigenvalue weighted by atomic mass is 9.92. The Balaban J connectivity index is 2.21. The van der Waals surface area contributed by atoms with Crippen molar-refractivity contribution in [2.45, 2.75) is 44.8 Å². The number of rotatable bonds is 3. The van der Waals surface area contributed by atoms with Crippen LogP contribution < -0.4 is 10.5 Å². The first-order valence-corrected chi connectivity index (χ1v) is 6.20. The fraction of sp³-hybridized carbons (Fsp3) is 0.571. The lowest BCUT2D eigenvalue weighted by molar-refractivity contribution is 0.0846. The van der Waals surface area contributed by atoms with Crippen molar-refractivity contribution < 1.29 is 9.84 Å². The van der Waals surface area contributed by atoms with Gasteiger partial charge in [-0.2, -0.15) is 0 Å². The number of aliphatic hydroxyl groups is 1. The van der Waals surface area contributed by atoms with E-state index in [1.807, 2.05) is 12.1 Å². The van der Waals surface area contributed by atoms with Crippen LogP contribution in [0.1, 0.15) is 43.9 Å². The van der Waals surface area contributed by atoms with Gasteiger partial charge in [-0.15, -0.1) is 0 Å². The SMILES string of the molecule is CC1(C)CCc2cc(C(N)CCO)ccc2O1. The molecule has 3 N–H and O–H groups in total. The third-order valence-electron chi connectivity index (χ3n) is 3.34. The highest BCUT2D eigenvalue weighted by Gasteiger charge is 2.26. The molecule has 1 atom stereocenters. The first-order valence-electron chi connectivity index (χ1n) is 6.20. The van der Waals surface area contributed by atoms with Gasteiger partial charge in [0, 0.05) is 12.6 Å². The molecule has 17 heavy (non-hydrogen) atoms. The number of fused-ring (bicyclic) bond motifs is 1. The van der Waals surface area contributed by atoms with Crippen LogP contribution in [-0.4, -0.2) is 17.3 Å². The maximum atomic E-state index is 8.90. The maximum absolute atomic E-state index is 8.90. The van der Waals surface area contributed by atoms with E-state index in [2.05, 4.69) is 19.9 Å². The molecule has 1 aliphatic rings. The normalized spacial score (nSPS) is 19.3. The van der Waals surface area contributed by atoms with Crippen molar-refractivity contribution >= 4 is 0 Å². The van der Waals surface area contributed by atoms with Crippen LogP contribution in [0.25, 0.3) is 0 Å². The van der Waals surface area contributed by atoms with E-state index < -0.39 is 0 Å². The van der Waals surface area contributed by atoms with Gasteiger partial charge in [-0.25, -0.2) is 0 Å². The summed E-state index contributed by atoms with van der Waals surface area (Å²) >= 11 is 0. The summed E-state index contributed by atoms with van der Waals surface area (Å²) in [5.74, 6) is 0.973. The summed E-state index contributed by atoms with van der Waals surface area (Å²) < 4.78 is 5.92. The summed E-state index contributed by atoms with van der Waals surface area (Å²) in [4.78, 5) is 0. The number of hydrogen-bond donors (Lipinski definition) is 2. The van der Waals surface area contributed by atoms with Gasteiger partial charge in [0.1, 0.15) is 11.4 Å². The number of benzene rings is 1. The van der Waals surface area contributed by atoms with E-state index in [0.717, 1.165) is 24.2 Å².